The minimum absolute atomic E-state index is 0.0224. The molecule has 2 saturated carbocycles. The molecule has 0 radical (unpaired) electrons. The number of esters is 1. The lowest BCUT2D eigenvalue weighted by Crippen LogP contribution is -2.27. The van der Waals surface area contributed by atoms with Crippen LogP contribution in [0.15, 0.2) is 170 Å². The number of rotatable bonds is 31. The van der Waals surface area contributed by atoms with Crippen molar-refractivity contribution in [2.75, 3.05) is 26.9 Å². The van der Waals surface area contributed by atoms with Gasteiger partial charge in [0.25, 0.3) is 0 Å². The highest BCUT2D eigenvalue weighted by atomic mass is 16.8. The van der Waals surface area contributed by atoms with Crippen LogP contribution in [0.2, 0.25) is 0 Å². The molecule has 0 bridgehead atoms. The zero-order chi connectivity index (χ0) is 81.4. The topological polar surface area (TPSA) is 172 Å². The van der Waals surface area contributed by atoms with Gasteiger partial charge in [-0.1, -0.05) is 233 Å². The number of carbonyl (C=O) groups is 1. The van der Waals surface area contributed by atoms with E-state index in [1.807, 2.05) is 121 Å². The molecule has 13 heteroatoms. The van der Waals surface area contributed by atoms with Crippen LogP contribution in [0.1, 0.15) is 327 Å². The molecule has 0 spiro atoms. The summed E-state index contributed by atoms with van der Waals surface area (Å²) in [6, 6.07) is 55.3. The first kappa shape index (κ1) is 96.6. The Bertz CT molecular complexity index is 3270. The Hall–Kier alpha value is -7.55. The van der Waals surface area contributed by atoms with Crippen molar-refractivity contribution in [2.45, 2.75) is 313 Å². The average molecular weight is 1520 g/mol. The van der Waals surface area contributed by atoms with Crippen LogP contribution in [-0.4, -0.2) is 78.0 Å². The highest BCUT2D eigenvalue weighted by Crippen LogP contribution is 2.34. The third-order valence-corrected chi connectivity index (χ3v) is 21.1. The number of phenols is 3. The third-order valence-electron chi connectivity index (χ3n) is 21.1. The maximum absolute atomic E-state index is 11.2. The Morgan fingerprint density at radius 2 is 0.682 bits per heavy atom. The zero-order valence-corrected chi connectivity index (χ0v) is 71.4. The molecular formula is C97H146O13. The summed E-state index contributed by atoms with van der Waals surface area (Å²) >= 11 is 0. The summed E-state index contributed by atoms with van der Waals surface area (Å²) in [5.41, 5.74) is 8.99. The van der Waals surface area contributed by atoms with Gasteiger partial charge in [-0.05, 0) is 270 Å². The van der Waals surface area contributed by atoms with Crippen molar-refractivity contribution in [1.29, 1.82) is 0 Å². The fourth-order valence-electron chi connectivity index (χ4n) is 12.2. The maximum Gasteiger partial charge on any atom is 0.313 e. The van der Waals surface area contributed by atoms with E-state index in [4.69, 9.17) is 53.6 Å². The number of phenolic OH excluding ortho intramolecular Hbond substituents is 3. The van der Waals surface area contributed by atoms with Crippen LogP contribution in [0.3, 0.4) is 0 Å². The predicted molar refractivity (Wildman–Crippen MR) is 456 cm³/mol. The summed E-state index contributed by atoms with van der Waals surface area (Å²) in [6.07, 6.45) is 22.2. The normalized spacial score (nSPS) is 15.5. The molecule has 2 aliphatic rings. The van der Waals surface area contributed by atoms with Crippen LogP contribution in [0.5, 0.6) is 40.2 Å². The molecule has 9 rings (SSSR count). The van der Waals surface area contributed by atoms with E-state index in [1.165, 1.54) is 123 Å². The molecule has 110 heavy (non-hydrogen) atoms. The van der Waals surface area contributed by atoms with Gasteiger partial charge in [-0.25, -0.2) is 0 Å². The van der Waals surface area contributed by atoms with Crippen molar-refractivity contribution in [1.82, 2.24) is 0 Å². The maximum atomic E-state index is 11.2. The van der Waals surface area contributed by atoms with E-state index < -0.39 is 6.48 Å². The standard InChI is InChI=1S/C26H36O3.C20H32O2.C12H18O3.3C10H14O.C9H18O2/c1-4-20(2)22-10-16-26(17-11-22)29-21(3)27-18-19-28-25-14-12-24(13-15-25)23-8-6-5-7-9-23;1-4-16(2)19-10-12-20(13-11-19)22-17(3)21-15-14-18-8-6-5-7-9-18;1-4-9(2)10-5-7-11(8-6-10)15-12(13)14-3;3*1-3-8(2)9-4-6-10(11)7-5-9;1-6-7(2)8(10)11-9(3,4)5/h10-17,20-21,23H,4-9,18-19H2,1-3H3;10-13,16-18H,4-9,14-15H2,1-3H3;5-9,12-13H,4H2,1-3H3;3*4-8,11H,3H2,1-2H3;7H,6H2,1-5H3. The molecule has 612 valence electrons. The van der Waals surface area contributed by atoms with E-state index in [0.717, 1.165) is 74.2 Å². The van der Waals surface area contributed by atoms with E-state index >= 15 is 0 Å². The van der Waals surface area contributed by atoms with Crippen LogP contribution in [0, 0.1) is 11.8 Å². The van der Waals surface area contributed by atoms with Gasteiger partial charge < -0.3 is 58.3 Å². The molecule has 0 amide bonds. The number of ether oxygens (including phenoxy) is 8. The SMILES string of the molecule is CCC(C)C(=O)OC(C)(C)C.CCC(C)c1ccc(O)cc1.CCC(C)c1ccc(O)cc1.CCC(C)c1ccc(O)cc1.CCC(C)c1ccc(OC(C)OCCC2CCCCC2)cc1.CCC(C)c1ccc(OC(C)OCCOc2ccc(C3CCCCC3)cc2)cc1.CCC(C)c1ccc(OC(O)OC)cc1. The summed E-state index contributed by atoms with van der Waals surface area (Å²) in [7, 11) is 1.39. The molecule has 0 aromatic heterocycles. The first-order chi connectivity index (χ1) is 52.6. The molecule has 0 heterocycles. The minimum atomic E-state index is -1.19. The first-order valence-corrected chi connectivity index (χ1v) is 41.7. The Kier molecular flexibility index (Phi) is 48.3. The van der Waals surface area contributed by atoms with Crippen LogP contribution in [-0.2, 0) is 23.7 Å². The first-order valence-electron chi connectivity index (χ1n) is 41.7. The van der Waals surface area contributed by atoms with Crippen LogP contribution >= 0.6 is 0 Å². The van der Waals surface area contributed by atoms with Crippen molar-refractivity contribution in [3.63, 3.8) is 0 Å². The van der Waals surface area contributed by atoms with Gasteiger partial charge in [-0.2, -0.15) is 0 Å². The van der Waals surface area contributed by atoms with Gasteiger partial charge in [0.05, 0.1) is 19.1 Å². The number of carbonyl (C=O) groups excluding carboxylic acids is 1. The second-order valence-electron chi connectivity index (χ2n) is 31.0. The van der Waals surface area contributed by atoms with Crippen molar-refractivity contribution in [3.05, 3.63) is 209 Å². The van der Waals surface area contributed by atoms with E-state index in [2.05, 4.69) is 148 Å². The van der Waals surface area contributed by atoms with Gasteiger partial charge in [0.1, 0.15) is 52.5 Å². The lowest BCUT2D eigenvalue weighted by Gasteiger charge is -2.22. The monoisotopic (exact) mass is 1520 g/mol. The third kappa shape index (κ3) is 40.6. The predicted octanol–water partition coefficient (Wildman–Crippen LogP) is 26.6. The fraction of sp³-hybridized carbons (Fsp3) is 0.557. The summed E-state index contributed by atoms with van der Waals surface area (Å²) < 4.78 is 43.9. The highest BCUT2D eigenvalue weighted by Gasteiger charge is 2.21. The number of aliphatic hydroxyl groups excluding tert-OH is 1. The number of hydrogen-bond acceptors (Lipinski definition) is 13. The van der Waals surface area contributed by atoms with E-state index in [1.54, 1.807) is 36.4 Å². The molecule has 2 aliphatic carbocycles. The number of benzene rings is 7. The summed E-state index contributed by atoms with van der Waals surface area (Å²) in [5, 5.41) is 36.1. The number of aromatic hydroxyl groups is 3. The molecular weight excluding hydrogens is 1370 g/mol. The number of aliphatic hydroxyl groups is 1. The molecule has 10 atom stereocenters. The highest BCUT2D eigenvalue weighted by molar-refractivity contribution is 5.72. The summed E-state index contributed by atoms with van der Waals surface area (Å²) in [5.74, 6) is 9.33. The Labute approximate surface area is 666 Å². The molecule has 4 N–H and O–H groups in total. The fourth-order valence-corrected chi connectivity index (χ4v) is 12.2. The quantitative estimate of drug-likeness (QED) is 0.0184. The Morgan fingerprint density at radius 3 is 0.991 bits per heavy atom. The second-order valence-corrected chi connectivity index (χ2v) is 31.0. The number of hydrogen-bond donors (Lipinski definition) is 4. The van der Waals surface area contributed by atoms with E-state index in [-0.39, 0.29) is 30.1 Å². The van der Waals surface area contributed by atoms with Crippen molar-refractivity contribution in [3.8, 4) is 40.2 Å². The smallest absolute Gasteiger partial charge is 0.313 e. The molecule has 10 unspecified atom stereocenters. The molecule has 13 nitrogen and oxygen atoms in total. The summed E-state index contributed by atoms with van der Waals surface area (Å²) in [6.45, 7) is 40.4. The van der Waals surface area contributed by atoms with Crippen molar-refractivity contribution < 1.29 is 63.1 Å². The van der Waals surface area contributed by atoms with E-state index in [9.17, 15) is 4.79 Å². The van der Waals surface area contributed by atoms with Crippen LogP contribution < -0.4 is 18.9 Å². The molecule has 7 aromatic carbocycles. The molecule has 0 aliphatic heterocycles. The van der Waals surface area contributed by atoms with Gasteiger partial charge in [0.2, 0.25) is 0 Å². The lowest BCUT2D eigenvalue weighted by atomic mass is 9.84. The van der Waals surface area contributed by atoms with Gasteiger partial charge >= 0.3 is 12.4 Å². The molecule has 7 aromatic rings. The van der Waals surface area contributed by atoms with Crippen LogP contribution in [0.4, 0.5) is 0 Å². The summed E-state index contributed by atoms with van der Waals surface area (Å²) in [4.78, 5) is 11.2. The second kappa shape index (κ2) is 55.0. The average Bonchev–Trinajstić information content (AvgIpc) is 0.861. The molecule has 0 saturated heterocycles. The minimum Gasteiger partial charge on any atom is -0.508 e. The van der Waals surface area contributed by atoms with Crippen molar-refractivity contribution in [2.24, 2.45) is 11.8 Å². The van der Waals surface area contributed by atoms with Gasteiger partial charge in [0.15, 0.2) is 12.6 Å². The van der Waals surface area contributed by atoms with Gasteiger partial charge in [-0.15, -0.1) is 0 Å². The van der Waals surface area contributed by atoms with Crippen LogP contribution in [0.25, 0.3) is 0 Å². The Balaban J connectivity index is 0.000000346. The van der Waals surface area contributed by atoms with E-state index in [0.29, 0.717) is 71.7 Å². The lowest BCUT2D eigenvalue weighted by molar-refractivity contribution is -0.200. The largest absolute Gasteiger partial charge is 0.508 e. The Morgan fingerprint density at radius 1 is 0.382 bits per heavy atom. The zero-order valence-electron chi connectivity index (χ0n) is 71.4. The van der Waals surface area contributed by atoms with Crippen molar-refractivity contribution >= 4 is 5.97 Å². The van der Waals surface area contributed by atoms with Gasteiger partial charge in [0, 0.05) is 7.11 Å². The number of methoxy groups -OCH3 is 1. The van der Waals surface area contributed by atoms with Gasteiger partial charge in [-0.3, -0.25) is 4.79 Å². The molecule has 2 fully saturated rings.